The van der Waals surface area contributed by atoms with Gasteiger partial charge in [-0.05, 0) is 25.3 Å². The second kappa shape index (κ2) is 5.84. The second-order valence-electron chi connectivity index (χ2n) is 4.59. The molecule has 5 heteroatoms. The van der Waals surface area contributed by atoms with E-state index in [1.165, 1.54) is 0 Å². The summed E-state index contributed by atoms with van der Waals surface area (Å²) in [6.07, 6.45) is 2.25. The van der Waals surface area contributed by atoms with Gasteiger partial charge in [-0.2, -0.15) is 0 Å². The normalized spacial score (nSPS) is 21.3. The van der Waals surface area contributed by atoms with Crippen molar-refractivity contribution in [2.45, 2.75) is 32.7 Å². The number of carbonyl (C=O) groups excluding carboxylic acids is 1. The lowest BCUT2D eigenvalue weighted by Gasteiger charge is -2.26. The number of amides is 1. The third kappa shape index (κ3) is 3.81. The van der Waals surface area contributed by atoms with Gasteiger partial charge in [-0.3, -0.25) is 14.5 Å². The largest absolute Gasteiger partial charge is 0.480 e. The van der Waals surface area contributed by atoms with E-state index in [0.29, 0.717) is 18.5 Å². The minimum Gasteiger partial charge on any atom is -0.480 e. The third-order valence-electron chi connectivity index (χ3n) is 2.97. The van der Waals surface area contributed by atoms with Crippen molar-refractivity contribution in [2.75, 3.05) is 19.6 Å². The van der Waals surface area contributed by atoms with Crippen LogP contribution in [0.1, 0.15) is 26.7 Å². The molecule has 5 nitrogen and oxygen atoms in total. The van der Waals surface area contributed by atoms with Gasteiger partial charge in [0, 0.05) is 6.04 Å². The highest BCUT2D eigenvalue weighted by atomic mass is 16.4. The van der Waals surface area contributed by atoms with Gasteiger partial charge in [0.15, 0.2) is 0 Å². The summed E-state index contributed by atoms with van der Waals surface area (Å²) in [4.78, 5) is 23.9. The van der Waals surface area contributed by atoms with Crippen LogP contribution in [0.25, 0.3) is 0 Å². The molecule has 1 heterocycles. The van der Waals surface area contributed by atoms with Crippen LogP contribution in [0.2, 0.25) is 0 Å². The number of carboxylic acids is 1. The minimum absolute atomic E-state index is 0.199. The fraction of sp³-hybridized carbons (Fsp3) is 0.818. The lowest BCUT2D eigenvalue weighted by molar-refractivity contribution is -0.138. The van der Waals surface area contributed by atoms with E-state index in [1.54, 1.807) is 0 Å². The molecule has 0 aliphatic carbocycles. The van der Waals surface area contributed by atoms with E-state index in [9.17, 15) is 9.59 Å². The number of hydrogen-bond acceptors (Lipinski definition) is 3. The average Bonchev–Trinajstić information content (AvgIpc) is 2.62. The highest BCUT2D eigenvalue weighted by Crippen LogP contribution is 2.22. The van der Waals surface area contributed by atoms with Crippen LogP contribution in [-0.4, -0.2) is 47.6 Å². The van der Waals surface area contributed by atoms with Crippen molar-refractivity contribution in [2.24, 2.45) is 5.92 Å². The first-order valence-corrected chi connectivity index (χ1v) is 5.73. The minimum atomic E-state index is -1.00. The van der Waals surface area contributed by atoms with Gasteiger partial charge < -0.3 is 10.4 Å². The Morgan fingerprint density at radius 1 is 1.50 bits per heavy atom. The predicted octanol–water partition coefficient (Wildman–Crippen LogP) is 0.308. The fourth-order valence-corrected chi connectivity index (χ4v) is 2.22. The molecule has 0 saturated carbocycles. The highest BCUT2D eigenvalue weighted by molar-refractivity contribution is 5.82. The van der Waals surface area contributed by atoms with E-state index in [-0.39, 0.29) is 12.5 Å². The standard InChI is InChI=1S/C11H20N2O3/c1-8(2)9-4-3-5-13(9)7-10(14)12-6-11(15)16/h8-9H,3-7H2,1-2H3,(H,12,14)(H,15,16). The van der Waals surface area contributed by atoms with Crippen molar-refractivity contribution in [3.05, 3.63) is 0 Å². The van der Waals surface area contributed by atoms with Crippen molar-refractivity contribution >= 4 is 11.9 Å². The Balaban J connectivity index is 2.35. The maximum Gasteiger partial charge on any atom is 0.322 e. The molecule has 0 aromatic rings. The summed E-state index contributed by atoms with van der Waals surface area (Å²) in [5.74, 6) is -0.667. The molecule has 16 heavy (non-hydrogen) atoms. The quantitative estimate of drug-likeness (QED) is 0.710. The lowest BCUT2D eigenvalue weighted by atomic mass is 10.0. The van der Waals surface area contributed by atoms with Gasteiger partial charge in [-0.15, -0.1) is 0 Å². The third-order valence-corrected chi connectivity index (χ3v) is 2.97. The van der Waals surface area contributed by atoms with Crippen LogP contribution in [0.3, 0.4) is 0 Å². The molecular formula is C11H20N2O3. The molecule has 92 valence electrons. The van der Waals surface area contributed by atoms with Crippen LogP contribution in [0.15, 0.2) is 0 Å². The number of carbonyl (C=O) groups is 2. The van der Waals surface area contributed by atoms with Gasteiger partial charge in [-0.25, -0.2) is 0 Å². The molecule has 1 unspecified atom stereocenters. The Morgan fingerprint density at radius 2 is 2.19 bits per heavy atom. The van der Waals surface area contributed by atoms with Gasteiger partial charge in [0.05, 0.1) is 6.54 Å². The first kappa shape index (κ1) is 13.0. The predicted molar refractivity (Wildman–Crippen MR) is 60.1 cm³/mol. The van der Waals surface area contributed by atoms with Crippen LogP contribution in [-0.2, 0) is 9.59 Å². The maximum atomic E-state index is 11.5. The molecule has 0 spiro atoms. The van der Waals surface area contributed by atoms with E-state index in [1.807, 2.05) is 0 Å². The monoisotopic (exact) mass is 228 g/mol. The number of carboxylic acid groups (broad SMARTS) is 1. The lowest BCUT2D eigenvalue weighted by Crippen LogP contribution is -2.42. The zero-order valence-corrected chi connectivity index (χ0v) is 9.90. The summed E-state index contributed by atoms with van der Waals surface area (Å²) in [6.45, 7) is 5.26. The van der Waals surface area contributed by atoms with Crippen LogP contribution >= 0.6 is 0 Å². The van der Waals surface area contributed by atoms with Gasteiger partial charge >= 0.3 is 5.97 Å². The fourth-order valence-electron chi connectivity index (χ4n) is 2.22. The zero-order chi connectivity index (χ0) is 12.1. The van der Waals surface area contributed by atoms with Gasteiger partial charge in [-0.1, -0.05) is 13.8 Å². The Morgan fingerprint density at radius 3 is 2.75 bits per heavy atom. The topological polar surface area (TPSA) is 69.6 Å². The van der Waals surface area contributed by atoms with E-state index in [4.69, 9.17) is 5.11 Å². The molecule has 1 amide bonds. The first-order valence-electron chi connectivity index (χ1n) is 5.73. The first-order chi connectivity index (χ1) is 7.50. The molecule has 1 saturated heterocycles. The molecule has 1 atom stereocenters. The van der Waals surface area contributed by atoms with Crippen molar-refractivity contribution in [3.8, 4) is 0 Å². The summed E-state index contributed by atoms with van der Waals surface area (Å²) in [6, 6.07) is 0.454. The van der Waals surface area contributed by atoms with E-state index < -0.39 is 5.97 Å². The van der Waals surface area contributed by atoms with Crippen LogP contribution in [0.5, 0.6) is 0 Å². The molecule has 1 rings (SSSR count). The summed E-state index contributed by atoms with van der Waals surface area (Å²) >= 11 is 0. The highest BCUT2D eigenvalue weighted by Gasteiger charge is 2.28. The number of likely N-dealkylation sites (tertiary alicyclic amines) is 1. The van der Waals surface area contributed by atoms with Crippen LogP contribution in [0.4, 0.5) is 0 Å². The molecule has 1 aliphatic heterocycles. The number of rotatable bonds is 5. The van der Waals surface area contributed by atoms with E-state index in [0.717, 1.165) is 19.4 Å². The van der Waals surface area contributed by atoms with Crippen LogP contribution < -0.4 is 5.32 Å². The summed E-state index contributed by atoms with van der Waals surface area (Å²) < 4.78 is 0. The summed E-state index contributed by atoms with van der Waals surface area (Å²) in [5, 5.41) is 10.8. The smallest absolute Gasteiger partial charge is 0.322 e. The van der Waals surface area contributed by atoms with Crippen molar-refractivity contribution in [1.82, 2.24) is 10.2 Å². The van der Waals surface area contributed by atoms with Crippen molar-refractivity contribution in [1.29, 1.82) is 0 Å². The Kier molecular flexibility index (Phi) is 4.73. The molecule has 0 aromatic heterocycles. The van der Waals surface area contributed by atoms with Gasteiger partial charge in [0.1, 0.15) is 6.54 Å². The summed E-state index contributed by atoms with van der Waals surface area (Å²) in [7, 11) is 0. The summed E-state index contributed by atoms with van der Waals surface area (Å²) in [5.41, 5.74) is 0. The second-order valence-corrected chi connectivity index (χ2v) is 4.59. The Bertz CT molecular complexity index is 266. The average molecular weight is 228 g/mol. The molecular weight excluding hydrogens is 208 g/mol. The Hall–Kier alpha value is -1.10. The molecule has 0 aromatic carbocycles. The number of aliphatic carboxylic acids is 1. The SMILES string of the molecule is CC(C)C1CCCN1CC(=O)NCC(=O)O. The molecule has 0 bridgehead atoms. The van der Waals surface area contributed by atoms with Gasteiger partial charge in [0.25, 0.3) is 0 Å². The number of nitrogens with zero attached hydrogens (tertiary/aromatic N) is 1. The molecule has 1 fully saturated rings. The molecule has 1 aliphatic rings. The van der Waals surface area contributed by atoms with Gasteiger partial charge in [0.2, 0.25) is 5.91 Å². The zero-order valence-electron chi connectivity index (χ0n) is 9.90. The Labute approximate surface area is 95.8 Å². The van der Waals surface area contributed by atoms with E-state index in [2.05, 4.69) is 24.1 Å². The maximum absolute atomic E-state index is 11.5. The number of nitrogens with one attached hydrogen (secondary N) is 1. The van der Waals surface area contributed by atoms with Crippen molar-refractivity contribution < 1.29 is 14.7 Å². The molecule has 2 N–H and O–H groups in total. The van der Waals surface area contributed by atoms with Crippen LogP contribution in [0, 0.1) is 5.92 Å². The number of hydrogen-bond donors (Lipinski definition) is 2. The molecule has 0 radical (unpaired) electrons. The van der Waals surface area contributed by atoms with Crippen molar-refractivity contribution in [3.63, 3.8) is 0 Å². The van der Waals surface area contributed by atoms with E-state index >= 15 is 0 Å².